The van der Waals surface area contributed by atoms with Gasteiger partial charge in [0, 0.05) is 6.42 Å². The molecule has 0 unspecified atom stereocenters. The molecule has 1 aromatic carbocycles. The third-order valence-corrected chi connectivity index (χ3v) is 3.64. The number of ether oxygens (including phenoxy) is 1. The highest BCUT2D eigenvalue weighted by molar-refractivity contribution is 5.67. The van der Waals surface area contributed by atoms with E-state index in [4.69, 9.17) is 9.84 Å². The Bertz CT molecular complexity index is 406. The quantitative estimate of drug-likeness (QED) is 0.888. The van der Waals surface area contributed by atoms with Crippen LogP contribution in [0.2, 0.25) is 0 Å². The fraction of sp³-hybridized carbons (Fsp3) is 0.533. The summed E-state index contributed by atoms with van der Waals surface area (Å²) in [5.74, 6) is 0.608. The van der Waals surface area contributed by atoms with Crippen LogP contribution in [0.5, 0.6) is 5.75 Å². The zero-order chi connectivity index (χ0) is 13.0. The Labute approximate surface area is 108 Å². The van der Waals surface area contributed by atoms with Crippen molar-refractivity contribution in [2.24, 2.45) is 5.92 Å². The number of aryl methyl sites for hydroxylation is 1. The fourth-order valence-corrected chi connectivity index (χ4v) is 2.57. The minimum absolute atomic E-state index is 0.246. The standard InChI is InChI=1S/C15H20O3/c1-11-4-2-3-5-14(11)18-13-8-6-12(7-9-13)10-15(16)17/h2-5,12-13H,6-10H2,1H3,(H,16,17). The van der Waals surface area contributed by atoms with E-state index in [1.807, 2.05) is 31.2 Å². The highest BCUT2D eigenvalue weighted by Gasteiger charge is 2.24. The number of hydrogen-bond acceptors (Lipinski definition) is 2. The second-order valence-electron chi connectivity index (χ2n) is 5.12. The molecule has 0 saturated heterocycles. The first kappa shape index (κ1) is 12.9. The molecule has 0 atom stereocenters. The molecule has 1 aromatic rings. The summed E-state index contributed by atoms with van der Waals surface area (Å²) in [6.45, 7) is 2.05. The van der Waals surface area contributed by atoms with Gasteiger partial charge in [-0.25, -0.2) is 0 Å². The lowest BCUT2D eigenvalue weighted by Crippen LogP contribution is -2.25. The average Bonchev–Trinajstić information content (AvgIpc) is 2.34. The van der Waals surface area contributed by atoms with Crippen LogP contribution < -0.4 is 4.74 Å². The van der Waals surface area contributed by atoms with Crippen molar-refractivity contribution in [3.63, 3.8) is 0 Å². The van der Waals surface area contributed by atoms with Crippen LogP contribution >= 0.6 is 0 Å². The van der Waals surface area contributed by atoms with Gasteiger partial charge >= 0.3 is 5.97 Å². The number of carbonyl (C=O) groups is 1. The molecule has 1 saturated carbocycles. The van der Waals surface area contributed by atoms with Crippen molar-refractivity contribution < 1.29 is 14.6 Å². The maximum Gasteiger partial charge on any atom is 0.303 e. The lowest BCUT2D eigenvalue weighted by atomic mass is 9.85. The van der Waals surface area contributed by atoms with Gasteiger partial charge in [0.1, 0.15) is 5.75 Å². The number of benzene rings is 1. The van der Waals surface area contributed by atoms with Crippen molar-refractivity contribution in [3.05, 3.63) is 29.8 Å². The molecule has 98 valence electrons. The van der Waals surface area contributed by atoms with Gasteiger partial charge < -0.3 is 9.84 Å². The minimum Gasteiger partial charge on any atom is -0.490 e. The largest absolute Gasteiger partial charge is 0.490 e. The molecule has 3 nitrogen and oxygen atoms in total. The van der Waals surface area contributed by atoms with E-state index in [1.54, 1.807) is 0 Å². The molecule has 0 heterocycles. The van der Waals surface area contributed by atoms with Crippen molar-refractivity contribution in [1.29, 1.82) is 0 Å². The number of hydrogen-bond donors (Lipinski definition) is 1. The Morgan fingerprint density at radius 3 is 2.56 bits per heavy atom. The molecule has 0 spiro atoms. The van der Waals surface area contributed by atoms with Gasteiger partial charge in [-0.05, 0) is 50.2 Å². The second kappa shape index (κ2) is 5.89. The molecular formula is C15H20O3. The van der Waals surface area contributed by atoms with Crippen molar-refractivity contribution >= 4 is 5.97 Å². The lowest BCUT2D eigenvalue weighted by molar-refractivity contribution is -0.138. The number of aliphatic carboxylic acids is 1. The maximum absolute atomic E-state index is 10.7. The van der Waals surface area contributed by atoms with Crippen LogP contribution in [0.3, 0.4) is 0 Å². The lowest BCUT2D eigenvalue weighted by Gasteiger charge is -2.28. The van der Waals surface area contributed by atoms with Crippen LogP contribution in [0.25, 0.3) is 0 Å². The third-order valence-electron chi connectivity index (χ3n) is 3.64. The smallest absolute Gasteiger partial charge is 0.303 e. The number of para-hydroxylation sites is 1. The van der Waals surface area contributed by atoms with Crippen LogP contribution in [-0.4, -0.2) is 17.2 Å². The summed E-state index contributed by atoms with van der Waals surface area (Å²) in [7, 11) is 0. The van der Waals surface area contributed by atoms with Crippen molar-refractivity contribution in [3.8, 4) is 5.75 Å². The van der Waals surface area contributed by atoms with E-state index in [0.717, 1.165) is 37.0 Å². The Hall–Kier alpha value is -1.51. The zero-order valence-electron chi connectivity index (χ0n) is 10.8. The molecule has 0 aromatic heterocycles. The summed E-state index contributed by atoms with van der Waals surface area (Å²) >= 11 is 0. The van der Waals surface area contributed by atoms with Crippen LogP contribution in [0.4, 0.5) is 0 Å². The zero-order valence-corrected chi connectivity index (χ0v) is 10.8. The van der Waals surface area contributed by atoms with E-state index in [-0.39, 0.29) is 6.10 Å². The molecule has 0 amide bonds. The highest BCUT2D eigenvalue weighted by Crippen LogP contribution is 2.30. The molecule has 2 rings (SSSR count). The number of carboxylic acids is 1. The Kier molecular flexibility index (Phi) is 4.24. The Balaban J connectivity index is 1.84. The molecule has 0 aliphatic heterocycles. The molecule has 1 fully saturated rings. The Morgan fingerprint density at radius 2 is 1.94 bits per heavy atom. The maximum atomic E-state index is 10.7. The molecule has 18 heavy (non-hydrogen) atoms. The van der Waals surface area contributed by atoms with Gasteiger partial charge in [-0.2, -0.15) is 0 Å². The van der Waals surface area contributed by atoms with E-state index >= 15 is 0 Å². The van der Waals surface area contributed by atoms with E-state index in [1.165, 1.54) is 0 Å². The summed E-state index contributed by atoms with van der Waals surface area (Å²) in [5.41, 5.74) is 1.16. The van der Waals surface area contributed by atoms with E-state index in [2.05, 4.69) is 0 Å². The van der Waals surface area contributed by atoms with Crippen molar-refractivity contribution in [2.75, 3.05) is 0 Å². The van der Waals surface area contributed by atoms with Gasteiger partial charge in [0.2, 0.25) is 0 Å². The van der Waals surface area contributed by atoms with Crippen molar-refractivity contribution in [1.82, 2.24) is 0 Å². The summed E-state index contributed by atoms with van der Waals surface area (Å²) in [4.78, 5) is 10.7. The van der Waals surface area contributed by atoms with Gasteiger partial charge in [-0.15, -0.1) is 0 Å². The molecule has 0 radical (unpaired) electrons. The van der Waals surface area contributed by atoms with Gasteiger partial charge in [0.05, 0.1) is 6.10 Å². The molecule has 0 bridgehead atoms. The van der Waals surface area contributed by atoms with Gasteiger partial charge in [0.25, 0.3) is 0 Å². The topological polar surface area (TPSA) is 46.5 Å². The molecule has 3 heteroatoms. The fourth-order valence-electron chi connectivity index (χ4n) is 2.57. The monoisotopic (exact) mass is 248 g/mol. The summed E-state index contributed by atoms with van der Waals surface area (Å²) in [5, 5.41) is 8.77. The second-order valence-corrected chi connectivity index (χ2v) is 5.12. The van der Waals surface area contributed by atoms with Crippen LogP contribution in [0, 0.1) is 12.8 Å². The van der Waals surface area contributed by atoms with E-state index in [0.29, 0.717) is 12.3 Å². The average molecular weight is 248 g/mol. The molecule has 1 aliphatic rings. The predicted molar refractivity (Wildman–Crippen MR) is 69.8 cm³/mol. The van der Waals surface area contributed by atoms with E-state index in [9.17, 15) is 4.79 Å². The Morgan fingerprint density at radius 1 is 1.28 bits per heavy atom. The van der Waals surface area contributed by atoms with Crippen LogP contribution in [0.15, 0.2) is 24.3 Å². The third kappa shape index (κ3) is 3.49. The van der Waals surface area contributed by atoms with Crippen LogP contribution in [-0.2, 0) is 4.79 Å². The minimum atomic E-state index is -0.682. The van der Waals surface area contributed by atoms with Crippen LogP contribution in [0.1, 0.15) is 37.7 Å². The normalized spacial score (nSPS) is 23.6. The number of carboxylic acid groups (broad SMARTS) is 1. The van der Waals surface area contributed by atoms with Gasteiger partial charge in [0.15, 0.2) is 0 Å². The van der Waals surface area contributed by atoms with Crippen molar-refractivity contribution in [2.45, 2.75) is 45.1 Å². The first-order valence-electron chi connectivity index (χ1n) is 6.59. The highest BCUT2D eigenvalue weighted by atomic mass is 16.5. The molecule has 1 aliphatic carbocycles. The first-order valence-corrected chi connectivity index (χ1v) is 6.59. The van der Waals surface area contributed by atoms with Gasteiger partial charge in [-0.3, -0.25) is 4.79 Å². The molecular weight excluding hydrogens is 228 g/mol. The SMILES string of the molecule is Cc1ccccc1OC1CCC(CC(=O)O)CC1. The summed E-state index contributed by atoms with van der Waals surface area (Å²) in [6, 6.07) is 8.04. The van der Waals surface area contributed by atoms with E-state index < -0.39 is 5.97 Å². The summed E-state index contributed by atoms with van der Waals surface area (Å²) in [6.07, 6.45) is 4.40. The summed E-state index contributed by atoms with van der Waals surface area (Å²) < 4.78 is 5.99. The predicted octanol–water partition coefficient (Wildman–Crippen LogP) is 3.41. The van der Waals surface area contributed by atoms with Gasteiger partial charge in [-0.1, -0.05) is 18.2 Å². The first-order chi connectivity index (χ1) is 8.65. The number of rotatable bonds is 4. The molecule has 1 N–H and O–H groups in total.